The predicted molar refractivity (Wildman–Crippen MR) is 80.2 cm³/mol. The first-order valence-electron chi connectivity index (χ1n) is 5.86. The summed E-state index contributed by atoms with van der Waals surface area (Å²) < 4.78 is 29.3. The molecule has 0 rings (SSSR count). The van der Waals surface area contributed by atoms with Crippen LogP contribution >= 0.6 is 25.3 Å². The minimum Gasteiger partial charge on any atom is -1.00 e. The fraction of sp³-hybridized carbons (Fsp3) is 0.900. The first-order valence-corrected chi connectivity index (χ1v) is 8.61. The zero-order chi connectivity index (χ0) is 14.0. The summed E-state index contributed by atoms with van der Waals surface area (Å²) in [6, 6.07) is 0. The predicted octanol–water partition coefficient (Wildman–Crippen LogP) is -1.71. The molecule has 0 aliphatic rings. The summed E-state index contributed by atoms with van der Waals surface area (Å²) in [5.74, 6) is 0.174. The maximum atomic E-state index is 11.3. The Bertz CT molecular complexity index is 343. The molecule has 1 atom stereocenters. The number of thiol groups is 2. The average molecular weight is 356 g/mol. The largest absolute Gasteiger partial charge is 1.00 e. The smallest absolute Gasteiger partial charge is 1.00 e. The molecule has 0 aliphatic carbocycles. The van der Waals surface area contributed by atoms with Crippen LogP contribution in [0.15, 0.2) is 0 Å². The molecule has 0 fully saturated rings. The standard InChI is InChI=1S/C10H21NO4S3.K.H/c12-10(11-6-8-18(13,14)15)4-2-1-3-9(17)5-7-16;;/h9,16-17H,1-8H2,(H,11,12)(H,13,14,15);;/q;+1;-1. The van der Waals surface area contributed by atoms with Crippen LogP contribution in [0.1, 0.15) is 33.5 Å². The van der Waals surface area contributed by atoms with Crippen molar-refractivity contribution in [2.45, 2.75) is 37.4 Å². The molecule has 0 bridgehead atoms. The van der Waals surface area contributed by atoms with Gasteiger partial charge in [0.15, 0.2) is 0 Å². The molecule has 19 heavy (non-hydrogen) atoms. The van der Waals surface area contributed by atoms with E-state index >= 15 is 0 Å². The van der Waals surface area contributed by atoms with Gasteiger partial charge in [-0.15, -0.1) is 0 Å². The molecular formula is C10H22KNO4S3. The maximum absolute atomic E-state index is 11.3. The van der Waals surface area contributed by atoms with Crippen LogP contribution in [0.4, 0.5) is 0 Å². The Balaban J connectivity index is -0.00000144. The van der Waals surface area contributed by atoms with E-state index in [2.05, 4.69) is 30.6 Å². The van der Waals surface area contributed by atoms with Crippen LogP contribution < -0.4 is 56.7 Å². The molecule has 0 heterocycles. The Morgan fingerprint density at radius 2 is 1.95 bits per heavy atom. The summed E-state index contributed by atoms with van der Waals surface area (Å²) in [7, 11) is -3.99. The molecule has 0 saturated carbocycles. The molecule has 0 saturated heterocycles. The Labute approximate surface area is 170 Å². The van der Waals surface area contributed by atoms with Crippen molar-refractivity contribution in [3.63, 3.8) is 0 Å². The molecular weight excluding hydrogens is 333 g/mol. The summed E-state index contributed by atoms with van der Waals surface area (Å²) in [5, 5.41) is 2.77. The molecule has 2 N–H and O–H groups in total. The number of nitrogens with one attached hydrogen (secondary N) is 1. The van der Waals surface area contributed by atoms with Crippen molar-refractivity contribution in [2.24, 2.45) is 0 Å². The molecule has 0 spiro atoms. The van der Waals surface area contributed by atoms with Crippen LogP contribution in [0.25, 0.3) is 0 Å². The van der Waals surface area contributed by atoms with Crippen LogP contribution in [-0.2, 0) is 14.9 Å². The molecule has 5 nitrogen and oxygen atoms in total. The van der Waals surface area contributed by atoms with Gasteiger partial charge in [-0.25, -0.2) is 0 Å². The number of rotatable bonds is 10. The molecule has 0 aromatic rings. The van der Waals surface area contributed by atoms with Crippen LogP contribution in [0.5, 0.6) is 0 Å². The monoisotopic (exact) mass is 355 g/mol. The van der Waals surface area contributed by atoms with E-state index in [1.54, 1.807) is 0 Å². The number of carbonyl (C=O) groups excluding carboxylic acids is 1. The van der Waals surface area contributed by atoms with Gasteiger partial charge >= 0.3 is 51.4 Å². The van der Waals surface area contributed by atoms with Gasteiger partial charge in [0.2, 0.25) is 5.91 Å². The van der Waals surface area contributed by atoms with E-state index in [0.717, 1.165) is 31.4 Å². The second kappa shape index (κ2) is 13.4. The van der Waals surface area contributed by atoms with Gasteiger partial charge in [0, 0.05) is 18.2 Å². The summed E-state index contributed by atoms with van der Waals surface area (Å²) >= 11 is 8.50. The van der Waals surface area contributed by atoms with Crippen molar-refractivity contribution in [3.05, 3.63) is 0 Å². The number of unbranched alkanes of at least 4 members (excludes halogenated alkanes) is 1. The zero-order valence-corrected chi connectivity index (χ0v) is 16.9. The van der Waals surface area contributed by atoms with E-state index in [1.807, 2.05) is 0 Å². The molecule has 0 aliphatic heterocycles. The number of amides is 1. The van der Waals surface area contributed by atoms with Gasteiger partial charge in [0.1, 0.15) is 0 Å². The second-order valence-corrected chi connectivity index (χ2v) is 6.80. The van der Waals surface area contributed by atoms with Gasteiger partial charge in [-0.1, -0.05) is 6.42 Å². The average Bonchev–Trinajstić information content (AvgIpc) is 2.23. The van der Waals surface area contributed by atoms with Gasteiger partial charge in [0.25, 0.3) is 10.1 Å². The Morgan fingerprint density at radius 3 is 2.47 bits per heavy atom. The second-order valence-electron chi connectivity index (χ2n) is 4.05. The first-order chi connectivity index (χ1) is 8.35. The summed E-state index contributed by atoms with van der Waals surface area (Å²) in [6.45, 7) is -0.0491. The topological polar surface area (TPSA) is 83.5 Å². The van der Waals surface area contributed by atoms with Gasteiger partial charge in [0.05, 0.1) is 5.75 Å². The maximum Gasteiger partial charge on any atom is 1.00 e. The van der Waals surface area contributed by atoms with Crippen molar-refractivity contribution in [3.8, 4) is 0 Å². The Kier molecular flexibility index (Phi) is 16.2. The molecule has 1 unspecified atom stereocenters. The van der Waals surface area contributed by atoms with Gasteiger partial charge < -0.3 is 6.74 Å². The number of carbonyl (C=O) groups is 1. The van der Waals surface area contributed by atoms with E-state index in [0.29, 0.717) is 11.7 Å². The van der Waals surface area contributed by atoms with Gasteiger partial charge in [-0.2, -0.15) is 33.7 Å². The number of hydrogen-bond acceptors (Lipinski definition) is 5. The first kappa shape index (κ1) is 23.0. The third kappa shape index (κ3) is 17.7. The molecule has 110 valence electrons. The third-order valence-electron chi connectivity index (χ3n) is 2.34. The molecule has 9 heteroatoms. The Morgan fingerprint density at radius 1 is 1.32 bits per heavy atom. The van der Waals surface area contributed by atoms with Crippen molar-refractivity contribution in [2.75, 3.05) is 18.1 Å². The van der Waals surface area contributed by atoms with Gasteiger partial charge in [-0.3, -0.25) is 9.35 Å². The summed E-state index contributed by atoms with van der Waals surface area (Å²) in [5.41, 5.74) is 0. The fourth-order valence-corrected chi connectivity index (χ4v) is 2.55. The van der Waals surface area contributed by atoms with Crippen molar-refractivity contribution in [1.82, 2.24) is 5.32 Å². The van der Waals surface area contributed by atoms with Crippen LogP contribution in [0.3, 0.4) is 0 Å². The summed E-state index contributed by atoms with van der Waals surface area (Å²) in [4.78, 5) is 11.3. The van der Waals surface area contributed by atoms with E-state index < -0.39 is 15.9 Å². The van der Waals surface area contributed by atoms with Crippen LogP contribution in [0, 0.1) is 0 Å². The van der Waals surface area contributed by atoms with E-state index in [9.17, 15) is 13.2 Å². The zero-order valence-electron chi connectivity index (χ0n) is 12.2. The van der Waals surface area contributed by atoms with E-state index in [1.165, 1.54) is 0 Å². The SMILES string of the molecule is O=C(CCCCC(S)CCS)NCCS(=O)(=O)O.[H-].[K+]. The fourth-order valence-electron chi connectivity index (χ4n) is 1.37. The molecule has 0 radical (unpaired) electrons. The minimum atomic E-state index is -3.99. The van der Waals surface area contributed by atoms with E-state index in [4.69, 9.17) is 4.55 Å². The normalized spacial score (nSPS) is 12.6. The third-order valence-corrected chi connectivity index (χ3v) is 3.83. The van der Waals surface area contributed by atoms with Crippen molar-refractivity contribution in [1.29, 1.82) is 0 Å². The quantitative estimate of drug-likeness (QED) is 0.163. The minimum absolute atomic E-state index is 0. The van der Waals surface area contributed by atoms with Crippen LogP contribution in [-0.4, -0.2) is 42.2 Å². The van der Waals surface area contributed by atoms with Crippen molar-refractivity contribution < 1.29 is 70.6 Å². The molecule has 0 aromatic heterocycles. The molecule has 0 aromatic carbocycles. The van der Waals surface area contributed by atoms with E-state index in [-0.39, 0.29) is 65.3 Å². The number of hydrogen-bond donors (Lipinski definition) is 4. The Hall–Kier alpha value is 1.72. The van der Waals surface area contributed by atoms with Crippen molar-refractivity contribution >= 4 is 41.3 Å². The molecule has 1 amide bonds. The van der Waals surface area contributed by atoms with Crippen LogP contribution in [0.2, 0.25) is 0 Å². The van der Waals surface area contributed by atoms with Gasteiger partial charge in [-0.05, 0) is 25.0 Å². The summed E-state index contributed by atoms with van der Waals surface area (Å²) in [6.07, 6.45) is 3.93.